The van der Waals surface area contributed by atoms with Gasteiger partial charge in [-0.3, -0.25) is 0 Å². The van der Waals surface area contributed by atoms with Crippen molar-refractivity contribution in [3.8, 4) is 44.5 Å². The molecular formula is C72H67BN2. The predicted molar refractivity (Wildman–Crippen MR) is 326 cm³/mol. The molecule has 0 bridgehead atoms. The van der Waals surface area contributed by atoms with Crippen molar-refractivity contribution in [1.29, 1.82) is 0 Å². The highest BCUT2D eigenvalue weighted by Gasteiger charge is 2.45. The van der Waals surface area contributed by atoms with Crippen LogP contribution in [0.25, 0.3) is 87.9 Å². The molecular weight excluding hydrogens is 904 g/mol. The molecule has 0 amide bonds. The molecule has 0 N–H and O–H groups in total. The van der Waals surface area contributed by atoms with E-state index < -0.39 is 0 Å². The van der Waals surface area contributed by atoms with Crippen LogP contribution in [0.5, 0.6) is 0 Å². The van der Waals surface area contributed by atoms with Crippen LogP contribution in [0.3, 0.4) is 0 Å². The van der Waals surface area contributed by atoms with Gasteiger partial charge in [0.15, 0.2) is 0 Å². The molecule has 13 rings (SSSR count). The average Bonchev–Trinajstić information content (AvgIpc) is 3.76. The van der Waals surface area contributed by atoms with Crippen molar-refractivity contribution in [2.24, 2.45) is 0 Å². The topological polar surface area (TPSA) is 8.17 Å². The molecule has 0 atom stereocenters. The molecule has 0 saturated carbocycles. The summed E-state index contributed by atoms with van der Waals surface area (Å²) in [6.07, 6.45) is 0. The van der Waals surface area contributed by atoms with E-state index in [0.717, 1.165) is 5.69 Å². The van der Waals surface area contributed by atoms with Gasteiger partial charge in [0.25, 0.3) is 0 Å². The van der Waals surface area contributed by atoms with E-state index in [-0.39, 0.29) is 28.5 Å². The van der Waals surface area contributed by atoms with Crippen LogP contribution in [-0.2, 0) is 21.7 Å². The molecule has 11 aromatic rings. The van der Waals surface area contributed by atoms with Crippen molar-refractivity contribution < 1.29 is 0 Å². The number of hydrogen-bond acceptors (Lipinski definition) is 1. The lowest BCUT2D eigenvalue weighted by Crippen LogP contribution is -2.56. The highest BCUT2D eigenvalue weighted by molar-refractivity contribution is 6.90. The normalized spacial score (nSPS) is 13.5. The smallest absolute Gasteiger partial charge is 0.333 e. The van der Waals surface area contributed by atoms with Gasteiger partial charge in [-0.2, -0.15) is 0 Å². The van der Waals surface area contributed by atoms with Crippen LogP contribution in [0.2, 0.25) is 0 Å². The van der Waals surface area contributed by atoms with Crippen LogP contribution in [-0.4, -0.2) is 11.3 Å². The van der Waals surface area contributed by atoms with Gasteiger partial charge in [-0.25, -0.2) is 0 Å². The van der Waals surface area contributed by atoms with Gasteiger partial charge in [0.05, 0.1) is 0 Å². The monoisotopic (exact) mass is 971 g/mol. The minimum Gasteiger partial charge on any atom is -0.375 e. The number of hydrogen-bond donors (Lipinski definition) is 0. The number of nitrogens with zero attached hydrogens (tertiary/aromatic N) is 2. The van der Waals surface area contributed by atoms with Gasteiger partial charge in [-0.15, -0.1) is 0 Å². The summed E-state index contributed by atoms with van der Waals surface area (Å²) in [5.74, 6) is 0. The van der Waals surface area contributed by atoms with E-state index in [1.165, 1.54) is 132 Å². The quantitative estimate of drug-likeness (QED) is 0.126. The molecule has 368 valence electrons. The zero-order chi connectivity index (χ0) is 52.1. The van der Waals surface area contributed by atoms with Gasteiger partial charge in [-0.05, 0) is 176 Å². The summed E-state index contributed by atoms with van der Waals surface area (Å²) in [5.41, 5.74) is 23.7. The van der Waals surface area contributed by atoms with E-state index in [1.807, 2.05) is 0 Å². The fourth-order valence-electron chi connectivity index (χ4n) is 13.1. The van der Waals surface area contributed by atoms with Crippen molar-refractivity contribution in [3.63, 3.8) is 0 Å². The average molecular weight is 971 g/mol. The molecule has 3 heterocycles. The fraction of sp³-hybridized carbons (Fsp3) is 0.222. The molecule has 0 aliphatic carbocycles. The molecule has 10 aromatic carbocycles. The number of rotatable bonds is 4. The Morgan fingerprint density at radius 3 is 1.35 bits per heavy atom. The first-order valence-electron chi connectivity index (χ1n) is 27.2. The van der Waals surface area contributed by atoms with Crippen LogP contribution in [0.4, 0.5) is 17.1 Å². The van der Waals surface area contributed by atoms with Gasteiger partial charge in [0.2, 0.25) is 0 Å². The van der Waals surface area contributed by atoms with Crippen molar-refractivity contribution in [1.82, 2.24) is 4.48 Å². The van der Waals surface area contributed by atoms with E-state index in [9.17, 15) is 0 Å². The number of benzene rings is 10. The lowest BCUT2D eigenvalue weighted by Gasteiger charge is -2.42. The summed E-state index contributed by atoms with van der Waals surface area (Å²) < 4.78 is 2.77. The molecule has 1 aromatic heterocycles. The fourth-order valence-corrected chi connectivity index (χ4v) is 13.1. The Labute approximate surface area is 444 Å². The van der Waals surface area contributed by atoms with E-state index in [4.69, 9.17) is 0 Å². The Hall–Kier alpha value is -7.62. The van der Waals surface area contributed by atoms with Crippen molar-refractivity contribution in [2.75, 3.05) is 4.90 Å². The molecule has 2 nitrogen and oxygen atoms in total. The first-order valence-corrected chi connectivity index (χ1v) is 27.2. The largest absolute Gasteiger partial charge is 0.375 e. The third kappa shape index (κ3) is 7.44. The van der Waals surface area contributed by atoms with E-state index in [1.54, 1.807) is 0 Å². The second kappa shape index (κ2) is 16.4. The third-order valence-corrected chi connectivity index (χ3v) is 16.6. The Bertz CT molecular complexity index is 4070. The SMILES string of the molecule is CC(C)(C)c1ccc2c(c1)c1cc(C(C)(C)C)cc3c1n2B1c2cc4c(C(C)(C)C)c5ccccc5c(C(C)(C)C)c4cc2N(c2cc(-c4ccccc4)cc(-c4ccccc4)c2)c2cc(-c4ccccc4)cc-3c21. The zero-order valence-corrected chi connectivity index (χ0v) is 45.9. The van der Waals surface area contributed by atoms with Crippen LogP contribution in [0.1, 0.15) is 105 Å². The molecule has 0 unspecified atom stereocenters. The van der Waals surface area contributed by atoms with Crippen molar-refractivity contribution >= 4 is 78.2 Å². The standard InChI is InChI=1S/C72H67BN2/c1-69(2,3)50-32-33-62-55(39-50)59-40-51(70(4,5)6)41-60-58-37-49(46-28-20-15-21-29-46)38-64-67(58)73(75(62)68(59)60)61-42-56-57(66(72(10,11)12)54-31-23-22-30-53(54)65(56)71(7,8)9)43-63(61)74(64)52-35-47(44-24-16-13-17-25-44)34-48(36-52)45-26-18-14-19-27-45/h13-43H,1-12H3. The predicted octanol–water partition coefficient (Wildman–Crippen LogP) is 18.7. The summed E-state index contributed by atoms with van der Waals surface area (Å²) in [5, 5.41) is 8.01. The van der Waals surface area contributed by atoms with E-state index >= 15 is 0 Å². The second-order valence-corrected chi connectivity index (χ2v) is 25.8. The Morgan fingerprint density at radius 2 is 0.827 bits per heavy atom. The Balaban J connectivity index is 1.27. The number of fused-ring (bicyclic) bond motifs is 9. The van der Waals surface area contributed by atoms with Crippen molar-refractivity contribution in [2.45, 2.75) is 105 Å². The van der Waals surface area contributed by atoms with Gasteiger partial charge < -0.3 is 9.38 Å². The molecule has 75 heavy (non-hydrogen) atoms. The maximum Gasteiger partial charge on any atom is 0.333 e. The van der Waals surface area contributed by atoms with Crippen LogP contribution >= 0.6 is 0 Å². The van der Waals surface area contributed by atoms with Crippen LogP contribution in [0, 0.1) is 0 Å². The minimum atomic E-state index is -0.163. The van der Waals surface area contributed by atoms with Gasteiger partial charge in [0, 0.05) is 44.4 Å². The molecule has 0 spiro atoms. The highest BCUT2D eigenvalue weighted by Crippen LogP contribution is 2.52. The van der Waals surface area contributed by atoms with Gasteiger partial charge in [0.1, 0.15) is 0 Å². The summed E-state index contributed by atoms with van der Waals surface area (Å²) in [6.45, 7) is 28.5. The third-order valence-electron chi connectivity index (χ3n) is 16.6. The minimum absolute atomic E-state index is 0.0192. The first kappa shape index (κ1) is 47.1. The molecule has 2 aliphatic heterocycles. The Kier molecular flexibility index (Phi) is 10.3. The van der Waals surface area contributed by atoms with Gasteiger partial charge in [-0.1, -0.05) is 210 Å². The van der Waals surface area contributed by atoms with Crippen LogP contribution in [0.15, 0.2) is 188 Å². The summed E-state index contributed by atoms with van der Waals surface area (Å²) in [4.78, 5) is 2.67. The summed E-state index contributed by atoms with van der Waals surface area (Å²) in [7, 11) is 0. The summed E-state index contributed by atoms with van der Waals surface area (Å²) >= 11 is 0. The maximum absolute atomic E-state index is 2.77. The molecule has 2 aliphatic rings. The zero-order valence-electron chi connectivity index (χ0n) is 45.9. The molecule has 0 saturated heterocycles. The number of anilines is 3. The molecule has 3 heteroatoms. The Morgan fingerprint density at radius 1 is 0.333 bits per heavy atom. The lowest BCUT2D eigenvalue weighted by molar-refractivity contribution is 0.590. The molecule has 0 fully saturated rings. The van der Waals surface area contributed by atoms with Crippen molar-refractivity contribution in [3.05, 3.63) is 210 Å². The summed E-state index contributed by atoms with van der Waals surface area (Å²) in [6, 6.07) is 72.3. The second-order valence-electron chi connectivity index (χ2n) is 25.8. The van der Waals surface area contributed by atoms with E-state index in [2.05, 4.69) is 281 Å². The maximum atomic E-state index is 2.77. The van der Waals surface area contributed by atoms with Gasteiger partial charge >= 0.3 is 6.85 Å². The lowest BCUT2D eigenvalue weighted by atomic mass is 9.44. The van der Waals surface area contributed by atoms with Crippen LogP contribution < -0.4 is 15.8 Å². The first-order chi connectivity index (χ1) is 35.7. The number of aromatic nitrogens is 1. The highest BCUT2D eigenvalue weighted by atomic mass is 15.2. The van der Waals surface area contributed by atoms with E-state index in [0.29, 0.717) is 0 Å². The molecule has 0 radical (unpaired) electrons.